The molecular formula is C11H12BrN5O2S. The number of nitro groups is 1. The van der Waals surface area contributed by atoms with E-state index in [4.69, 9.17) is 0 Å². The van der Waals surface area contributed by atoms with Crippen molar-refractivity contribution in [3.8, 4) is 0 Å². The van der Waals surface area contributed by atoms with Crippen molar-refractivity contribution in [2.45, 2.75) is 13.5 Å². The predicted octanol–water partition coefficient (Wildman–Crippen LogP) is 3.25. The van der Waals surface area contributed by atoms with Gasteiger partial charge in [-0.15, -0.1) is 11.3 Å². The molecule has 0 aliphatic rings. The average Bonchev–Trinajstić information content (AvgIpc) is 2.82. The summed E-state index contributed by atoms with van der Waals surface area (Å²) in [5, 5.41) is 17.0. The molecule has 0 amide bonds. The highest BCUT2D eigenvalue weighted by Crippen LogP contribution is 2.30. The number of nitrogens with zero attached hydrogens (tertiary/aromatic N) is 3. The van der Waals surface area contributed by atoms with Crippen LogP contribution in [0.4, 0.5) is 17.3 Å². The van der Waals surface area contributed by atoms with Gasteiger partial charge < -0.3 is 10.6 Å². The van der Waals surface area contributed by atoms with E-state index < -0.39 is 4.92 Å². The number of rotatable bonds is 6. The summed E-state index contributed by atoms with van der Waals surface area (Å²) >= 11 is 4.94. The van der Waals surface area contributed by atoms with E-state index in [1.807, 2.05) is 19.1 Å². The van der Waals surface area contributed by atoms with Gasteiger partial charge in [-0.2, -0.15) is 0 Å². The van der Waals surface area contributed by atoms with Crippen LogP contribution in [0.1, 0.15) is 11.8 Å². The molecular weight excluding hydrogens is 346 g/mol. The van der Waals surface area contributed by atoms with Crippen LogP contribution >= 0.6 is 27.3 Å². The Morgan fingerprint density at radius 2 is 2.05 bits per heavy atom. The van der Waals surface area contributed by atoms with E-state index in [0.717, 1.165) is 8.66 Å². The maximum Gasteiger partial charge on any atom is 0.353 e. The van der Waals surface area contributed by atoms with Crippen molar-refractivity contribution in [2.24, 2.45) is 0 Å². The third kappa shape index (κ3) is 3.42. The lowest BCUT2D eigenvalue weighted by molar-refractivity contribution is -0.383. The second-order valence-electron chi connectivity index (χ2n) is 3.77. The van der Waals surface area contributed by atoms with Gasteiger partial charge in [0.15, 0.2) is 0 Å². The predicted molar refractivity (Wildman–Crippen MR) is 82.2 cm³/mol. The highest BCUT2D eigenvalue weighted by molar-refractivity contribution is 9.11. The molecule has 2 aromatic rings. The molecule has 0 aliphatic heterocycles. The summed E-state index contributed by atoms with van der Waals surface area (Å²) in [4.78, 5) is 19.6. The van der Waals surface area contributed by atoms with Crippen LogP contribution in [-0.4, -0.2) is 21.4 Å². The zero-order valence-electron chi connectivity index (χ0n) is 10.6. The van der Waals surface area contributed by atoms with Crippen LogP contribution in [0, 0.1) is 10.1 Å². The lowest BCUT2D eigenvalue weighted by Crippen LogP contribution is -2.09. The summed E-state index contributed by atoms with van der Waals surface area (Å²) in [5.41, 5.74) is -0.134. The standard InChI is InChI=1S/C11H12BrN5O2S/c1-2-13-10-9(17(18)19)11(16-6-15-10)14-5-7-3-4-8(12)20-7/h3-4,6H,2,5H2,1H3,(H2,13,14,15,16). The zero-order valence-corrected chi connectivity index (χ0v) is 13.0. The number of hydrogen-bond acceptors (Lipinski definition) is 7. The van der Waals surface area contributed by atoms with E-state index in [1.54, 1.807) is 11.3 Å². The monoisotopic (exact) mass is 357 g/mol. The molecule has 0 saturated heterocycles. The molecule has 2 rings (SSSR count). The Morgan fingerprint density at radius 3 is 2.60 bits per heavy atom. The van der Waals surface area contributed by atoms with Gasteiger partial charge in [-0.05, 0) is 35.0 Å². The minimum atomic E-state index is -0.481. The van der Waals surface area contributed by atoms with Crippen LogP contribution in [0.2, 0.25) is 0 Å². The molecule has 9 heteroatoms. The Bertz CT molecular complexity index is 619. The summed E-state index contributed by atoms with van der Waals surface area (Å²) in [6.07, 6.45) is 1.30. The number of aromatic nitrogens is 2. The third-order valence-corrected chi connectivity index (χ3v) is 4.03. The molecule has 7 nitrogen and oxygen atoms in total. The highest BCUT2D eigenvalue weighted by atomic mass is 79.9. The SMILES string of the molecule is CCNc1ncnc(NCc2ccc(Br)s2)c1[N+](=O)[O-]. The van der Waals surface area contributed by atoms with Gasteiger partial charge in [0.25, 0.3) is 0 Å². The fourth-order valence-electron chi connectivity index (χ4n) is 1.60. The molecule has 2 heterocycles. The molecule has 0 aliphatic carbocycles. The molecule has 2 N–H and O–H groups in total. The van der Waals surface area contributed by atoms with E-state index in [9.17, 15) is 10.1 Å². The second-order valence-corrected chi connectivity index (χ2v) is 6.31. The molecule has 2 aromatic heterocycles. The smallest absolute Gasteiger partial charge is 0.353 e. The average molecular weight is 358 g/mol. The molecule has 0 aromatic carbocycles. The number of thiophene rings is 1. The van der Waals surface area contributed by atoms with E-state index in [-0.39, 0.29) is 17.3 Å². The first kappa shape index (κ1) is 14.7. The minimum absolute atomic E-state index is 0.134. The zero-order chi connectivity index (χ0) is 14.5. The van der Waals surface area contributed by atoms with Gasteiger partial charge in [-0.3, -0.25) is 10.1 Å². The normalized spacial score (nSPS) is 10.3. The van der Waals surface area contributed by atoms with E-state index >= 15 is 0 Å². The van der Waals surface area contributed by atoms with Crippen LogP contribution in [0.15, 0.2) is 22.2 Å². The third-order valence-electron chi connectivity index (χ3n) is 2.41. The van der Waals surface area contributed by atoms with Crippen LogP contribution < -0.4 is 10.6 Å². The number of hydrogen-bond donors (Lipinski definition) is 2. The van der Waals surface area contributed by atoms with Crippen molar-refractivity contribution < 1.29 is 4.92 Å². The van der Waals surface area contributed by atoms with Crippen molar-refractivity contribution >= 4 is 44.6 Å². The fraction of sp³-hybridized carbons (Fsp3) is 0.273. The Kier molecular flexibility index (Phi) is 4.85. The molecule has 0 bridgehead atoms. The largest absolute Gasteiger partial charge is 0.364 e. The van der Waals surface area contributed by atoms with Gasteiger partial charge in [0.2, 0.25) is 11.6 Å². The van der Waals surface area contributed by atoms with E-state index in [1.165, 1.54) is 6.33 Å². The maximum atomic E-state index is 11.2. The molecule has 0 radical (unpaired) electrons. The van der Waals surface area contributed by atoms with E-state index in [2.05, 4.69) is 36.5 Å². The van der Waals surface area contributed by atoms with Crippen LogP contribution in [0.5, 0.6) is 0 Å². The van der Waals surface area contributed by atoms with Gasteiger partial charge in [0.05, 0.1) is 15.3 Å². The minimum Gasteiger partial charge on any atom is -0.364 e. The first-order valence-corrected chi connectivity index (χ1v) is 7.44. The van der Waals surface area contributed by atoms with Gasteiger partial charge >= 0.3 is 5.69 Å². The molecule has 0 unspecified atom stereocenters. The highest BCUT2D eigenvalue weighted by Gasteiger charge is 2.22. The molecule has 0 atom stereocenters. The molecule has 0 spiro atoms. The number of anilines is 2. The first-order chi connectivity index (χ1) is 9.61. The van der Waals surface area contributed by atoms with Crippen LogP contribution in [0.25, 0.3) is 0 Å². The van der Waals surface area contributed by atoms with Crippen molar-refractivity contribution in [1.82, 2.24) is 9.97 Å². The number of nitrogens with one attached hydrogen (secondary N) is 2. The Labute approximate surface area is 127 Å². The lowest BCUT2D eigenvalue weighted by atomic mass is 10.4. The molecule has 20 heavy (non-hydrogen) atoms. The summed E-state index contributed by atoms with van der Waals surface area (Å²) in [7, 11) is 0. The fourth-order valence-corrected chi connectivity index (χ4v) is 3.02. The van der Waals surface area contributed by atoms with Gasteiger partial charge in [-0.1, -0.05) is 0 Å². The molecule has 0 fully saturated rings. The second kappa shape index (κ2) is 6.62. The quantitative estimate of drug-likeness (QED) is 0.608. The number of halogens is 1. The molecule has 0 saturated carbocycles. The first-order valence-electron chi connectivity index (χ1n) is 5.83. The van der Waals surface area contributed by atoms with E-state index in [0.29, 0.717) is 13.1 Å². The Hall–Kier alpha value is -1.74. The van der Waals surface area contributed by atoms with Gasteiger partial charge in [-0.25, -0.2) is 9.97 Å². The van der Waals surface area contributed by atoms with Crippen molar-refractivity contribution in [1.29, 1.82) is 0 Å². The maximum absolute atomic E-state index is 11.2. The van der Waals surface area contributed by atoms with Crippen LogP contribution in [-0.2, 0) is 6.54 Å². The van der Waals surface area contributed by atoms with Gasteiger partial charge in [0.1, 0.15) is 6.33 Å². The Morgan fingerprint density at radius 1 is 1.35 bits per heavy atom. The summed E-state index contributed by atoms with van der Waals surface area (Å²) in [5.74, 6) is 0.438. The summed E-state index contributed by atoms with van der Waals surface area (Å²) < 4.78 is 1.01. The van der Waals surface area contributed by atoms with Crippen molar-refractivity contribution in [3.63, 3.8) is 0 Å². The van der Waals surface area contributed by atoms with Crippen molar-refractivity contribution in [3.05, 3.63) is 37.2 Å². The molecule has 106 valence electrons. The Balaban J connectivity index is 2.22. The van der Waals surface area contributed by atoms with Crippen LogP contribution in [0.3, 0.4) is 0 Å². The summed E-state index contributed by atoms with van der Waals surface area (Å²) in [6, 6.07) is 3.88. The topological polar surface area (TPSA) is 93.0 Å². The van der Waals surface area contributed by atoms with Crippen molar-refractivity contribution in [2.75, 3.05) is 17.2 Å². The summed E-state index contributed by atoms with van der Waals surface area (Å²) in [6.45, 7) is 2.87. The van der Waals surface area contributed by atoms with Gasteiger partial charge in [0, 0.05) is 11.4 Å². The lowest BCUT2D eigenvalue weighted by Gasteiger charge is -2.08.